The molecule has 3 rings (SSSR count). The van der Waals surface area contributed by atoms with Crippen molar-refractivity contribution in [3.05, 3.63) is 59.7 Å². The van der Waals surface area contributed by atoms with Crippen LogP contribution in [0.15, 0.2) is 53.5 Å². The van der Waals surface area contributed by atoms with Gasteiger partial charge in [-0.25, -0.2) is 0 Å². The van der Waals surface area contributed by atoms with Gasteiger partial charge in [0.15, 0.2) is 11.5 Å². The summed E-state index contributed by atoms with van der Waals surface area (Å²) in [7, 11) is 5.55. The van der Waals surface area contributed by atoms with E-state index in [9.17, 15) is 0 Å². The maximum absolute atomic E-state index is 5.40. The quantitative estimate of drug-likeness (QED) is 0.632. The van der Waals surface area contributed by atoms with Crippen molar-refractivity contribution >= 4 is 6.21 Å². The van der Waals surface area contributed by atoms with Crippen LogP contribution in [0.25, 0.3) is 0 Å². The van der Waals surface area contributed by atoms with E-state index < -0.39 is 0 Å². The van der Waals surface area contributed by atoms with E-state index in [1.54, 1.807) is 14.2 Å². The highest BCUT2D eigenvalue weighted by molar-refractivity contribution is 5.80. The lowest BCUT2D eigenvalue weighted by atomic mass is 9.63. The van der Waals surface area contributed by atoms with E-state index in [2.05, 4.69) is 56.1 Å². The smallest absolute Gasteiger partial charge is 0.161 e. The summed E-state index contributed by atoms with van der Waals surface area (Å²) in [5.74, 6) is 2.05. The van der Waals surface area contributed by atoms with Crippen LogP contribution in [-0.2, 0) is 5.41 Å². The molecule has 3 atom stereocenters. The van der Waals surface area contributed by atoms with Crippen LogP contribution in [0.2, 0.25) is 0 Å². The van der Waals surface area contributed by atoms with Crippen LogP contribution in [0.1, 0.15) is 37.8 Å². The molecule has 0 bridgehead atoms. The minimum Gasteiger partial charge on any atom is -0.493 e. The molecule has 1 aliphatic rings. The molecule has 0 N–H and O–H groups in total. The Kier molecular flexibility index (Phi) is 6.96. The summed E-state index contributed by atoms with van der Waals surface area (Å²) in [6.45, 7) is 6.67. The zero-order valence-corrected chi connectivity index (χ0v) is 18.4. The second-order valence-corrected chi connectivity index (χ2v) is 8.32. The molecule has 0 aliphatic carbocycles. The number of rotatable bonds is 7. The average molecular weight is 395 g/mol. The lowest BCUT2D eigenvalue weighted by molar-refractivity contribution is 0.0705. The monoisotopic (exact) mass is 394 g/mol. The standard InChI is InChI=1S/C25H34N2O2/c1-19-18-27(3)20(2)16-25(19,22-9-7-6-8-10-22)13-14-26-17-21-11-12-23(28-4)24(15-21)29-5/h6-12,15,17,19-20H,13-14,16,18H2,1-5H3/t19-,20-,25-/m1/s1. The van der Waals surface area contributed by atoms with Gasteiger partial charge in [-0.2, -0.15) is 0 Å². The number of methoxy groups -OCH3 is 2. The summed E-state index contributed by atoms with van der Waals surface area (Å²) in [5.41, 5.74) is 2.65. The van der Waals surface area contributed by atoms with Crippen molar-refractivity contribution in [2.75, 3.05) is 34.4 Å². The van der Waals surface area contributed by atoms with Gasteiger partial charge in [-0.3, -0.25) is 4.99 Å². The molecule has 1 aliphatic heterocycles. The normalized spacial score (nSPS) is 25.3. The van der Waals surface area contributed by atoms with Crippen LogP contribution in [-0.4, -0.2) is 51.5 Å². The molecule has 4 heteroatoms. The van der Waals surface area contributed by atoms with Crippen molar-refractivity contribution in [2.45, 2.75) is 38.1 Å². The van der Waals surface area contributed by atoms with Gasteiger partial charge in [-0.05, 0) is 62.1 Å². The zero-order chi connectivity index (χ0) is 20.9. The zero-order valence-electron chi connectivity index (χ0n) is 18.4. The van der Waals surface area contributed by atoms with Crippen LogP contribution >= 0.6 is 0 Å². The Morgan fingerprint density at radius 2 is 1.79 bits per heavy atom. The van der Waals surface area contributed by atoms with Crippen molar-refractivity contribution in [3.63, 3.8) is 0 Å². The van der Waals surface area contributed by atoms with E-state index in [1.807, 2.05) is 24.4 Å². The number of piperidine rings is 1. The van der Waals surface area contributed by atoms with Crippen LogP contribution in [0.3, 0.4) is 0 Å². The predicted molar refractivity (Wildman–Crippen MR) is 121 cm³/mol. The van der Waals surface area contributed by atoms with Gasteiger partial charge >= 0.3 is 0 Å². The lowest BCUT2D eigenvalue weighted by Gasteiger charge is -2.49. The van der Waals surface area contributed by atoms with Crippen molar-refractivity contribution in [1.82, 2.24) is 4.90 Å². The van der Waals surface area contributed by atoms with Gasteiger partial charge in [0.2, 0.25) is 0 Å². The largest absolute Gasteiger partial charge is 0.493 e. The van der Waals surface area contributed by atoms with Gasteiger partial charge in [0.25, 0.3) is 0 Å². The minimum absolute atomic E-state index is 0.169. The van der Waals surface area contributed by atoms with E-state index in [0.717, 1.165) is 36.6 Å². The molecule has 2 aromatic rings. The minimum atomic E-state index is 0.169. The SMILES string of the molecule is COc1ccc(C=NCC[C@@]2(c3ccccc3)C[C@@H](C)N(C)C[C@H]2C)cc1OC. The molecular formula is C25H34N2O2. The molecule has 1 saturated heterocycles. The molecule has 1 heterocycles. The van der Waals surface area contributed by atoms with Crippen LogP contribution in [0, 0.1) is 5.92 Å². The third-order valence-electron chi connectivity index (χ3n) is 6.60. The molecule has 0 saturated carbocycles. The van der Waals surface area contributed by atoms with Crippen molar-refractivity contribution in [2.24, 2.45) is 10.9 Å². The Morgan fingerprint density at radius 1 is 1.07 bits per heavy atom. The molecule has 1 fully saturated rings. The molecule has 156 valence electrons. The highest BCUT2D eigenvalue weighted by Crippen LogP contribution is 2.44. The maximum atomic E-state index is 5.40. The lowest BCUT2D eigenvalue weighted by Crippen LogP contribution is -2.51. The summed E-state index contributed by atoms with van der Waals surface area (Å²) >= 11 is 0. The van der Waals surface area contributed by atoms with Crippen LogP contribution in [0.5, 0.6) is 11.5 Å². The molecule has 0 unspecified atom stereocenters. The van der Waals surface area contributed by atoms with E-state index in [-0.39, 0.29) is 5.41 Å². The van der Waals surface area contributed by atoms with Crippen molar-refractivity contribution in [1.29, 1.82) is 0 Å². The van der Waals surface area contributed by atoms with E-state index in [4.69, 9.17) is 14.5 Å². The van der Waals surface area contributed by atoms with Gasteiger partial charge in [-0.1, -0.05) is 37.3 Å². The molecule has 29 heavy (non-hydrogen) atoms. The third kappa shape index (κ3) is 4.64. The van der Waals surface area contributed by atoms with Gasteiger partial charge in [0.05, 0.1) is 14.2 Å². The molecule has 0 radical (unpaired) electrons. The van der Waals surface area contributed by atoms with Crippen molar-refractivity contribution < 1.29 is 9.47 Å². The number of likely N-dealkylation sites (tertiary alicyclic amines) is 1. The van der Waals surface area contributed by atoms with E-state index >= 15 is 0 Å². The Hall–Kier alpha value is -2.33. The molecule has 0 aromatic heterocycles. The number of benzene rings is 2. The molecule has 2 aromatic carbocycles. The highest BCUT2D eigenvalue weighted by Gasteiger charge is 2.43. The first kappa shape index (κ1) is 21.4. The Morgan fingerprint density at radius 3 is 2.48 bits per heavy atom. The topological polar surface area (TPSA) is 34.1 Å². The number of hydrogen-bond acceptors (Lipinski definition) is 4. The number of nitrogens with zero attached hydrogens (tertiary/aromatic N) is 2. The first-order valence-corrected chi connectivity index (χ1v) is 10.5. The van der Waals surface area contributed by atoms with Gasteiger partial charge in [0.1, 0.15) is 0 Å². The third-order valence-corrected chi connectivity index (χ3v) is 6.60. The number of hydrogen-bond donors (Lipinski definition) is 0. The van der Waals surface area contributed by atoms with Crippen molar-refractivity contribution in [3.8, 4) is 11.5 Å². The summed E-state index contributed by atoms with van der Waals surface area (Å²) < 4.78 is 10.7. The van der Waals surface area contributed by atoms with Gasteiger partial charge in [0, 0.05) is 30.8 Å². The molecular weight excluding hydrogens is 360 g/mol. The highest BCUT2D eigenvalue weighted by atomic mass is 16.5. The molecule has 0 amide bonds. The Labute approximate surface area is 175 Å². The second-order valence-electron chi connectivity index (χ2n) is 8.32. The van der Waals surface area contributed by atoms with Crippen LogP contribution in [0.4, 0.5) is 0 Å². The fraction of sp³-hybridized carbons (Fsp3) is 0.480. The van der Waals surface area contributed by atoms with Crippen LogP contribution < -0.4 is 9.47 Å². The average Bonchev–Trinajstić information content (AvgIpc) is 2.75. The molecule has 0 spiro atoms. The van der Waals surface area contributed by atoms with Gasteiger partial charge in [-0.15, -0.1) is 0 Å². The number of ether oxygens (including phenoxy) is 2. The fourth-order valence-electron chi connectivity index (χ4n) is 4.70. The second kappa shape index (κ2) is 9.45. The van der Waals surface area contributed by atoms with E-state index in [1.165, 1.54) is 12.0 Å². The fourth-order valence-corrected chi connectivity index (χ4v) is 4.70. The van der Waals surface area contributed by atoms with E-state index in [0.29, 0.717) is 12.0 Å². The Balaban J connectivity index is 1.77. The Bertz CT molecular complexity index is 821. The first-order valence-electron chi connectivity index (χ1n) is 10.5. The predicted octanol–water partition coefficient (Wildman–Crippen LogP) is 4.81. The van der Waals surface area contributed by atoms with Gasteiger partial charge < -0.3 is 14.4 Å². The number of aliphatic imine (C=N–C) groups is 1. The summed E-state index contributed by atoms with van der Waals surface area (Å²) in [5, 5.41) is 0. The first-order chi connectivity index (χ1) is 14.0. The molecule has 4 nitrogen and oxygen atoms in total. The summed E-state index contributed by atoms with van der Waals surface area (Å²) in [6.07, 6.45) is 4.17. The maximum Gasteiger partial charge on any atom is 0.161 e. The summed E-state index contributed by atoms with van der Waals surface area (Å²) in [4.78, 5) is 7.27. The summed E-state index contributed by atoms with van der Waals surface area (Å²) in [6, 6.07) is 17.5.